The number of aliphatic hydroxyl groups excluding tert-OH is 1. The largest absolute Gasteiger partial charge is 0.490 e. The Labute approximate surface area is 116 Å². The van der Waals surface area contributed by atoms with Gasteiger partial charge >= 0.3 is 0 Å². The molecule has 2 heteroatoms. The lowest BCUT2D eigenvalue weighted by molar-refractivity contribution is 0.0896. The van der Waals surface area contributed by atoms with Gasteiger partial charge in [-0.1, -0.05) is 19.4 Å². The van der Waals surface area contributed by atoms with Gasteiger partial charge in [0.2, 0.25) is 0 Å². The minimum atomic E-state index is -0.411. The lowest BCUT2D eigenvalue weighted by Gasteiger charge is -2.31. The molecule has 1 fully saturated rings. The van der Waals surface area contributed by atoms with Crippen molar-refractivity contribution in [3.8, 4) is 5.75 Å². The van der Waals surface area contributed by atoms with E-state index in [1.807, 2.05) is 18.2 Å². The third-order valence-corrected chi connectivity index (χ3v) is 4.32. The zero-order chi connectivity index (χ0) is 13.8. The molecule has 106 valence electrons. The highest BCUT2D eigenvalue weighted by molar-refractivity contribution is 5.37. The minimum Gasteiger partial charge on any atom is -0.490 e. The lowest BCUT2D eigenvalue weighted by atomic mass is 9.84. The van der Waals surface area contributed by atoms with E-state index in [9.17, 15) is 5.11 Å². The van der Waals surface area contributed by atoms with Gasteiger partial charge in [0.25, 0.3) is 0 Å². The van der Waals surface area contributed by atoms with Crippen molar-refractivity contribution < 1.29 is 9.84 Å². The molecule has 0 saturated heterocycles. The number of rotatable bonds is 4. The van der Waals surface area contributed by atoms with Crippen LogP contribution in [0.3, 0.4) is 0 Å². The SMILES string of the molecule is CCC1CCCCC1Oc1ccc([C@@H](C)O)cc1C. The van der Waals surface area contributed by atoms with Crippen LogP contribution in [0.15, 0.2) is 18.2 Å². The summed E-state index contributed by atoms with van der Waals surface area (Å²) in [6.45, 7) is 6.12. The number of hydrogen-bond acceptors (Lipinski definition) is 2. The molecule has 3 atom stereocenters. The number of benzene rings is 1. The third kappa shape index (κ3) is 3.50. The van der Waals surface area contributed by atoms with Crippen molar-refractivity contribution in [2.45, 2.75) is 65.1 Å². The second-order valence-electron chi connectivity index (χ2n) is 5.81. The Kier molecular flexibility index (Phi) is 4.87. The molecule has 19 heavy (non-hydrogen) atoms. The van der Waals surface area contributed by atoms with E-state index in [0.29, 0.717) is 12.0 Å². The van der Waals surface area contributed by atoms with E-state index in [1.165, 1.54) is 32.1 Å². The van der Waals surface area contributed by atoms with Crippen LogP contribution in [0.2, 0.25) is 0 Å². The zero-order valence-electron chi connectivity index (χ0n) is 12.4. The standard InChI is InChI=1S/C17H26O2/c1-4-14-7-5-6-8-17(14)19-16-10-9-15(13(3)18)11-12(16)2/h9-11,13-14,17-18H,4-8H2,1-3H3/t13-,14?,17?/m1/s1. The van der Waals surface area contributed by atoms with Crippen LogP contribution >= 0.6 is 0 Å². The highest BCUT2D eigenvalue weighted by atomic mass is 16.5. The molecule has 0 heterocycles. The summed E-state index contributed by atoms with van der Waals surface area (Å²) in [6.07, 6.45) is 6.27. The van der Waals surface area contributed by atoms with Gasteiger partial charge in [0.15, 0.2) is 0 Å². The topological polar surface area (TPSA) is 29.5 Å². The maximum Gasteiger partial charge on any atom is 0.122 e. The predicted octanol–water partition coefficient (Wildman–Crippen LogP) is 4.40. The summed E-state index contributed by atoms with van der Waals surface area (Å²) in [5, 5.41) is 9.60. The van der Waals surface area contributed by atoms with Crippen molar-refractivity contribution in [3.05, 3.63) is 29.3 Å². The Morgan fingerprint density at radius 2 is 2.05 bits per heavy atom. The maximum atomic E-state index is 9.60. The average Bonchev–Trinajstić information content (AvgIpc) is 2.41. The molecule has 1 aromatic rings. The van der Waals surface area contributed by atoms with Crippen LogP contribution < -0.4 is 4.74 Å². The fraction of sp³-hybridized carbons (Fsp3) is 0.647. The average molecular weight is 262 g/mol. The van der Waals surface area contributed by atoms with Gasteiger partial charge in [-0.15, -0.1) is 0 Å². The molecule has 0 aliphatic heterocycles. The van der Waals surface area contributed by atoms with E-state index >= 15 is 0 Å². The van der Waals surface area contributed by atoms with Crippen molar-refractivity contribution in [2.75, 3.05) is 0 Å². The van der Waals surface area contributed by atoms with E-state index < -0.39 is 6.10 Å². The van der Waals surface area contributed by atoms with Crippen molar-refractivity contribution in [3.63, 3.8) is 0 Å². The monoisotopic (exact) mass is 262 g/mol. The van der Waals surface area contributed by atoms with Crippen LogP contribution in [0.4, 0.5) is 0 Å². The molecule has 1 saturated carbocycles. The summed E-state index contributed by atoms with van der Waals surface area (Å²) >= 11 is 0. The van der Waals surface area contributed by atoms with Crippen molar-refractivity contribution in [1.82, 2.24) is 0 Å². The fourth-order valence-electron chi connectivity index (χ4n) is 3.02. The molecule has 0 spiro atoms. The molecule has 1 aliphatic carbocycles. The van der Waals surface area contributed by atoms with Crippen LogP contribution in [-0.2, 0) is 0 Å². The Morgan fingerprint density at radius 3 is 2.68 bits per heavy atom. The van der Waals surface area contributed by atoms with Crippen molar-refractivity contribution >= 4 is 0 Å². The number of aliphatic hydroxyl groups is 1. The summed E-state index contributed by atoms with van der Waals surface area (Å²) in [6, 6.07) is 6.01. The summed E-state index contributed by atoms with van der Waals surface area (Å²) < 4.78 is 6.24. The first-order valence-corrected chi connectivity index (χ1v) is 7.57. The van der Waals surface area contributed by atoms with Crippen molar-refractivity contribution in [1.29, 1.82) is 0 Å². The summed E-state index contributed by atoms with van der Waals surface area (Å²) in [7, 11) is 0. The van der Waals surface area contributed by atoms with Gasteiger partial charge in [0.1, 0.15) is 11.9 Å². The molecule has 0 radical (unpaired) electrons. The summed E-state index contributed by atoms with van der Waals surface area (Å²) in [4.78, 5) is 0. The quantitative estimate of drug-likeness (QED) is 0.871. The molecule has 0 aromatic heterocycles. The second-order valence-corrected chi connectivity index (χ2v) is 5.81. The minimum absolute atomic E-state index is 0.370. The first-order valence-electron chi connectivity index (χ1n) is 7.57. The Balaban J connectivity index is 2.09. The first kappa shape index (κ1) is 14.4. The Bertz CT molecular complexity index is 412. The van der Waals surface area contributed by atoms with E-state index in [1.54, 1.807) is 6.92 Å². The Hall–Kier alpha value is -1.02. The molecule has 1 aromatic carbocycles. The zero-order valence-corrected chi connectivity index (χ0v) is 12.4. The smallest absolute Gasteiger partial charge is 0.122 e. The van der Waals surface area contributed by atoms with Crippen molar-refractivity contribution in [2.24, 2.45) is 5.92 Å². The van der Waals surface area contributed by atoms with Gasteiger partial charge in [0, 0.05) is 0 Å². The van der Waals surface area contributed by atoms with Gasteiger partial charge in [-0.2, -0.15) is 0 Å². The molecule has 0 bridgehead atoms. The Morgan fingerprint density at radius 1 is 1.32 bits per heavy atom. The van der Waals surface area contributed by atoms with Gasteiger partial charge in [-0.25, -0.2) is 0 Å². The molecule has 0 amide bonds. The normalized spacial score (nSPS) is 25.1. The molecule has 2 rings (SSSR count). The van der Waals surface area contributed by atoms with E-state index in [0.717, 1.165) is 16.9 Å². The van der Waals surface area contributed by atoms with Crippen LogP contribution in [0.1, 0.15) is 63.2 Å². The van der Waals surface area contributed by atoms with Gasteiger partial charge in [-0.3, -0.25) is 0 Å². The van der Waals surface area contributed by atoms with E-state index in [2.05, 4.69) is 13.8 Å². The third-order valence-electron chi connectivity index (χ3n) is 4.32. The maximum absolute atomic E-state index is 9.60. The number of ether oxygens (including phenoxy) is 1. The van der Waals surface area contributed by atoms with Gasteiger partial charge < -0.3 is 9.84 Å². The van der Waals surface area contributed by atoms with Crippen LogP contribution in [-0.4, -0.2) is 11.2 Å². The summed E-state index contributed by atoms with van der Waals surface area (Å²) in [5.41, 5.74) is 2.08. The van der Waals surface area contributed by atoms with E-state index in [4.69, 9.17) is 4.74 Å². The van der Waals surface area contributed by atoms with Gasteiger partial charge in [0.05, 0.1) is 6.10 Å². The van der Waals surface area contributed by atoms with E-state index in [-0.39, 0.29) is 0 Å². The molecule has 1 N–H and O–H groups in total. The fourth-order valence-corrected chi connectivity index (χ4v) is 3.02. The van der Waals surface area contributed by atoms with Crippen LogP contribution in [0, 0.1) is 12.8 Å². The van der Waals surface area contributed by atoms with Crippen LogP contribution in [0.25, 0.3) is 0 Å². The molecular formula is C17H26O2. The van der Waals surface area contributed by atoms with Crippen LogP contribution in [0.5, 0.6) is 5.75 Å². The second kappa shape index (κ2) is 6.42. The highest BCUT2D eigenvalue weighted by Crippen LogP contribution is 2.32. The number of aryl methyl sites for hydroxylation is 1. The lowest BCUT2D eigenvalue weighted by Crippen LogP contribution is -2.30. The molecule has 1 aliphatic rings. The molecule has 2 nitrogen and oxygen atoms in total. The predicted molar refractivity (Wildman–Crippen MR) is 78.5 cm³/mol. The highest BCUT2D eigenvalue weighted by Gasteiger charge is 2.25. The summed E-state index contributed by atoms with van der Waals surface area (Å²) in [5.74, 6) is 1.68. The molecular weight excluding hydrogens is 236 g/mol. The first-order chi connectivity index (χ1) is 9.11. The molecule has 2 unspecified atom stereocenters. The van der Waals surface area contributed by atoms with Gasteiger partial charge in [-0.05, 0) is 68.7 Å². The number of hydrogen-bond donors (Lipinski definition) is 1.